The molecule has 2 fully saturated rings. The lowest BCUT2D eigenvalue weighted by Crippen LogP contribution is -2.38. The van der Waals surface area contributed by atoms with Crippen LogP contribution in [0, 0.1) is 0 Å². The summed E-state index contributed by atoms with van der Waals surface area (Å²) in [6.07, 6.45) is 8.54. The number of carbonyl (C=O) groups excluding carboxylic acids is 1. The van der Waals surface area contributed by atoms with Crippen molar-refractivity contribution in [3.63, 3.8) is 0 Å². The molecule has 1 aromatic carbocycles. The minimum Gasteiger partial charge on any atom is -0.299 e. The van der Waals surface area contributed by atoms with Crippen molar-refractivity contribution >= 4 is 22.4 Å². The van der Waals surface area contributed by atoms with Gasteiger partial charge in [-0.2, -0.15) is 0 Å². The molecule has 2 aliphatic rings. The first kappa shape index (κ1) is 18.6. The molecule has 1 N–H and O–H groups in total. The summed E-state index contributed by atoms with van der Waals surface area (Å²) in [6, 6.07) is 10.7. The SMILES string of the molecule is O=C(CN1CCC(c2ccccc2)CC1)Nc1nnc(C2CCCCC2)s1. The highest BCUT2D eigenvalue weighted by atomic mass is 32.1. The van der Waals surface area contributed by atoms with Crippen LogP contribution in [0.1, 0.15) is 67.4 Å². The molecule has 1 amide bonds. The van der Waals surface area contributed by atoms with E-state index in [4.69, 9.17) is 0 Å². The van der Waals surface area contributed by atoms with Gasteiger partial charge in [0, 0.05) is 5.92 Å². The van der Waals surface area contributed by atoms with Crippen molar-refractivity contribution in [2.75, 3.05) is 25.0 Å². The van der Waals surface area contributed by atoms with Crippen LogP contribution in [0.3, 0.4) is 0 Å². The van der Waals surface area contributed by atoms with Gasteiger partial charge in [0.15, 0.2) is 0 Å². The number of aromatic nitrogens is 2. The molecule has 1 aliphatic carbocycles. The molecule has 1 aromatic heterocycles. The normalized spacial score (nSPS) is 19.9. The molecule has 0 bridgehead atoms. The molecule has 4 rings (SSSR count). The van der Waals surface area contributed by atoms with Crippen LogP contribution < -0.4 is 5.32 Å². The van der Waals surface area contributed by atoms with Crippen LogP contribution in [0.5, 0.6) is 0 Å². The Kier molecular flexibility index (Phi) is 6.14. The van der Waals surface area contributed by atoms with Gasteiger partial charge in [-0.05, 0) is 50.3 Å². The standard InChI is InChI=1S/C21H28N4OS/c26-19(22-21-24-23-20(27-21)18-9-5-2-6-10-18)15-25-13-11-17(12-14-25)16-7-3-1-4-8-16/h1,3-4,7-8,17-18H,2,5-6,9-15H2,(H,22,24,26). The number of rotatable bonds is 5. The molecular weight excluding hydrogens is 356 g/mol. The number of nitrogens with one attached hydrogen (secondary N) is 1. The van der Waals surface area contributed by atoms with E-state index in [9.17, 15) is 4.79 Å². The second-order valence-electron chi connectivity index (χ2n) is 7.79. The first-order valence-corrected chi connectivity index (χ1v) is 11.0. The topological polar surface area (TPSA) is 58.1 Å². The van der Waals surface area contributed by atoms with E-state index < -0.39 is 0 Å². The van der Waals surface area contributed by atoms with Crippen LogP contribution in [0.15, 0.2) is 30.3 Å². The molecule has 6 heteroatoms. The highest BCUT2D eigenvalue weighted by molar-refractivity contribution is 7.15. The van der Waals surface area contributed by atoms with Crippen molar-refractivity contribution in [1.29, 1.82) is 0 Å². The fourth-order valence-corrected chi connectivity index (χ4v) is 5.24. The van der Waals surface area contributed by atoms with Gasteiger partial charge in [0.25, 0.3) is 0 Å². The Morgan fingerprint density at radius 2 is 1.74 bits per heavy atom. The Balaban J connectivity index is 1.24. The van der Waals surface area contributed by atoms with Gasteiger partial charge in [-0.25, -0.2) is 0 Å². The Morgan fingerprint density at radius 1 is 1.00 bits per heavy atom. The monoisotopic (exact) mass is 384 g/mol. The van der Waals surface area contributed by atoms with Crippen LogP contribution in [-0.2, 0) is 4.79 Å². The zero-order chi connectivity index (χ0) is 18.5. The van der Waals surface area contributed by atoms with Crippen LogP contribution in [-0.4, -0.2) is 40.6 Å². The van der Waals surface area contributed by atoms with Gasteiger partial charge in [-0.15, -0.1) is 10.2 Å². The summed E-state index contributed by atoms with van der Waals surface area (Å²) in [6.45, 7) is 2.38. The van der Waals surface area contributed by atoms with Gasteiger partial charge in [0.2, 0.25) is 11.0 Å². The number of hydrogen-bond donors (Lipinski definition) is 1. The van der Waals surface area contributed by atoms with Gasteiger partial charge in [0.1, 0.15) is 5.01 Å². The molecule has 1 saturated carbocycles. The Hall–Kier alpha value is -1.79. The van der Waals surface area contributed by atoms with E-state index in [2.05, 4.69) is 50.7 Å². The lowest BCUT2D eigenvalue weighted by molar-refractivity contribution is -0.117. The number of likely N-dealkylation sites (tertiary alicyclic amines) is 1. The minimum absolute atomic E-state index is 0.0273. The van der Waals surface area contributed by atoms with E-state index in [0.29, 0.717) is 23.5 Å². The maximum Gasteiger partial charge on any atom is 0.240 e. The van der Waals surface area contributed by atoms with E-state index in [0.717, 1.165) is 30.9 Å². The lowest BCUT2D eigenvalue weighted by atomic mass is 9.89. The second kappa shape index (κ2) is 8.93. The van der Waals surface area contributed by atoms with Gasteiger partial charge in [-0.1, -0.05) is 60.9 Å². The molecule has 0 radical (unpaired) electrons. The molecule has 1 saturated heterocycles. The molecule has 0 unspecified atom stereocenters. The van der Waals surface area contributed by atoms with Gasteiger partial charge in [0.05, 0.1) is 6.54 Å². The first-order valence-electron chi connectivity index (χ1n) is 10.2. The Labute approximate surface area is 165 Å². The van der Waals surface area contributed by atoms with Crippen LogP contribution in [0.2, 0.25) is 0 Å². The average Bonchev–Trinajstić information content (AvgIpc) is 3.18. The summed E-state index contributed by atoms with van der Waals surface area (Å²) in [4.78, 5) is 14.7. The molecular formula is C21H28N4OS. The maximum absolute atomic E-state index is 12.4. The molecule has 5 nitrogen and oxygen atoms in total. The zero-order valence-corrected chi connectivity index (χ0v) is 16.6. The fraction of sp³-hybridized carbons (Fsp3) is 0.571. The lowest BCUT2D eigenvalue weighted by Gasteiger charge is -2.31. The highest BCUT2D eigenvalue weighted by Crippen LogP contribution is 2.35. The highest BCUT2D eigenvalue weighted by Gasteiger charge is 2.23. The van der Waals surface area contributed by atoms with E-state index in [1.165, 1.54) is 37.7 Å². The van der Waals surface area contributed by atoms with Gasteiger partial charge >= 0.3 is 0 Å². The maximum atomic E-state index is 12.4. The average molecular weight is 385 g/mol. The van der Waals surface area contributed by atoms with E-state index >= 15 is 0 Å². The summed E-state index contributed by atoms with van der Waals surface area (Å²) >= 11 is 1.55. The molecule has 27 heavy (non-hydrogen) atoms. The Bertz CT molecular complexity index is 734. The molecule has 144 valence electrons. The van der Waals surface area contributed by atoms with E-state index in [1.54, 1.807) is 11.3 Å². The summed E-state index contributed by atoms with van der Waals surface area (Å²) in [7, 11) is 0. The molecule has 1 aliphatic heterocycles. The van der Waals surface area contributed by atoms with E-state index in [-0.39, 0.29) is 5.91 Å². The van der Waals surface area contributed by atoms with Crippen molar-refractivity contribution in [3.05, 3.63) is 40.9 Å². The number of amides is 1. The zero-order valence-electron chi connectivity index (χ0n) is 15.8. The number of anilines is 1. The van der Waals surface area contributed by atoms with E-state index in [1.807, 2.05) is 0 Å². The van der Waals surface area contributed by atoms with Crippen molar-refractivity contribution in [3.8, 4) is 0 Å². The number of hydrogen-bond acceptors (Lipinski definition) is 5. The smallest absolute Gasteiger partial charge is 0.240 e. The first-order chi connectivity index (χ1) is 13.3. The second-order valence-corrected chi connectivity index (χ2v) is 8.80. The molecule has 2 heterocycles. The third-order valence-electron chi connectivity index (χ3n) is 5.87. The summed E-state index contributed by atoms with van der Waals surface area (Å²) in [5, 5.41) is 13.2. The predicted molar refractivity (Wildman–Crippen MR) is 109 cm³/mol. The van der Waals surface area contributed by atoms with Crippen molar-refractivity contribution < 1.29 is 4.79 Å². The molecule has 2 aromatic rings. The summed E-state index contributed by atoms with van der Waals surface area (Å²) < 4.78 is 0. The number of carbonyl (C=O) groups is 1. The largest absolute Gasteiger partial charge is 0.299 e. The summed E-state index contributed by atoms with van der Waals surface area (Å²) in [5.74, 6) is 1.19. The van der Waals surface area contributed by atoms with Crippen molar-refractivity contribution in [1.82, 2.24) is 15.1 Å². The minimum atomic E-state index is 0.0273. The molecule has 0 atom stereocenters. The van der Waals surface area contributed by atoms with Crippen molar-refractivity contribution in [2.24, 2.45) is 0 Å². The summed E-state index contributed by atoms with van der Waals surface area (Å²) in [5.41, 5.74) is 1.42. The third kappa shape index (κ3) is 4.93. The number of benzene rings is 1. The van der Waals surface area contributed by atoms with Gasteiger partial charge in [-0.3, -0.25) is 15.0 Å². The number of nitrogens with zero attached hydrogens (tertiary/aromatic N) is 3. The van der Waals surface area contributed by atoms with Crippen LogP contribution >= 0.6 is 11.3 Å². The van der Waals surface area contributed by atoms with Crippen LogP contribution in [0.25, 0.3) is 0 Å². The third-order valence-corrected chi connectivity index (χ3v) is 6.87. The molecule has 0 spiro atoms. The number of piperidine rings is 1. The fourth-order valence-electron chi connectivity index (χ4n) is 4.31. The quantitative estimate of drug-likeness (QED) is 0.830. The van der Waals surface area contributed by atoms with Crippen LogP contribution in [0.4, 0.5) is 5.13 Å². The predicted octanol–water partition coefficient (Wildman–Crippen LogP) is 4.40. The van der Waals surface area contributed by atoms with Crippen molar-refractivity contribution in [2.45, 2.75) is 56.8 Å². The Morgan fingerprint density at radius 3 is 2.48 bits per heavy atom. The van der Waals surface area contributed by atoms with Gasteiger partial charge < -0.3 is 0 Å².